The third-order valence-corrected chi connectivity index (χ3v) is 5.56. The smallest absolute Gasteiger partial charge is 0.270 e. The lowest BCUT2D eigenvalue weighted by Gasteiger charge is -2.05. The van der Waals surface area contributed by atoms with E-state index in [1.54, 1.807) is 24.4 Å². The third-order valence-electron chi connectivity index (χ3n) is 5.56. The summed E-state index contributed by atoms with van der Waals surface area (Å²) in [5, 5.41) is 22.7. The molecule has 5 rings (SSSR count). The quantitative estimate of drug-likeness (QED) is 0.190. The molecule has 162 valence electrons. The molecule has 5 aromatic rings. The van der Waals surface area contributed by atoms with Gasteiger partial charge in [0.05, 0.1) is 10.6 Å². The Morgan fingerprint density at radius 1 is 1.06 bits per heavy atom. The molecule has 7 nitrogen and oxygen atoms in total. The van der Waals surface area contributed by atoms with Crippen LogP contribution in [0.15, 0.2) is 82.2 Å². The Balaban J connectivity index is 1.48. The number of hydrogen-bond donors (Lipinski definition) is 1. The van der Waals surface area contributed by atoms with E-state index >= 15 is 0 Å². The predicted molar refractivity (Wildman–Crippen MR) is 128 cm³/mol. The van der Waals surface area contributed by atoms with Gasteiger partial charge in [-0.25, -0.2) is 4.98 Å². The first-order valence-corrected chi connectivity index (χ1v) is 10.5. The molecule has 0 amide bonds. The van der Waals surface area contributed by atoms with E-state index in [1.165, 1.54) is 23.8 Å². The maximum atomic E-state index is 11.1. The molecule has 1 aromatic heterocycles. The number of aryl methyl sites for hydroxylation is 1. The topological polar surface area (TPSA) is 102 Å². The summed E-state index contributed by atoms with van der Waals surface area (Å²) in [6, 6.07) is 21.2. The van der Waals surface area contributed by atoms with Crippen molar-refractivity contribution in [1.29, 1.82) is 0 Å². The van der Waals surface area contributed by atoms with Crippen molar-refractivity contribution < 1.29 is 14.4 Å². The first-order valence-electron chi connectivity index (χ1n) is 10.5. The number of aliphatic imine (C=N–C) groups is 1. The highest BCUT2D eigenvalue weighted by Crippen LogP contribution is 2.30. The second-order valence-electron chi connectivity index (χ2n) is 7.64. The number of oxazole rings is 1. The molecule has 0 spiro atoms. The van der Waals surface area contributed by atoms with E-state index in [2.05, 4.69) is 29.0 Å². The molecule has 1 heterocycles. The molecule has 4 aromatic carbocycles. The van der Waals surface area contributed by atoms with Gasteiger partial charge in [0.25, 0.3) is 5.69 Å². The van der Waals surface area contributed by atoms with Crippen molar-refractivity contribution in [2.75, 3.05) is 0 Å². The Kier molecular flexibility index (Phi) is 5.06. The standard InChI is InChI=1S/C26H19N3O4/c1-2-16-3-5-17(6-4-16)26-28-23-14-19(8-12-25(23)33-26)27-15-22-21-10-9-20(29(31)32)13-18(21)7-11-24(22)30/h3-15,30H,2H2,1H3. The Labute approximate surface area is 188 Å². The molecule has 0 aliphatic rings. The predicted octanol–water partition coefficient (Wildman–Crippen LogP) is 6.57. The zero-order valence-corrected chi connectivity index (χ0v) is 17.7. The number of aromatic nitrogens is 1. The van der Waals surface area contributed by atoms with E-state index in [0.29, 0.717) is 39.0 Å². The molecule has 0 atom stereocenters. The van der Waals surface area contributed by atoms with Gasteiger partial charge in [-0.3, -0.25) is 15.1 Å². The van der Waals surface area contributed by atoms with Crippen LogP contribution >= 0.6 is 0 Å². The van der Waals surface area contributed by atoms with Crippen molar-refractivity contribution in [3.05, 3.63) is 94.0 Å². The van der Waals surface area contributed by atoms with Crippen LogP contribution in [-0.2, 0) is 6.42 Å². The van der Waals surface area contributed by atoms with E-state index in [4.69, 9.17) is 4.42 Å². The van der Waals surface area contributed by atoms with Crippen molar-refractivity contribution in [3.8, 4) is 17.2 Å². The van der Waals surface area contributed by atoms with E-state index in [-0.39, 0.29) is 11.4 Å². The lowest BCUT2D eigenvalue weighted by Crippen LogP contribution is -1.90. The molecule has 0 saturated heterocycles. The van der Waals surface area contributed by atoms with Crippen molar-refractivity contribution in [2.24, 2.45) is 4.99 Å². The Bertz CT molecular complexity index is 1540. The second kappa shape index (κ2) is 8.20. The molecule has 1 N–H and O–H groups in total. The van der Waals surface area contributed by atoms with Crippen LogP contribution in [0.2, 0.25) is 0 Å². The average molecular weight is 437 g/mol. The van der Waals surface area contributed by atoms with Gasteiger partial charge in [0.1, 0.15) is 11.3 Å². The fourth-order valence-electron chi connectivity index (χ4n) is 3.72. The number of rotatable bonds is 5. The number of nitro benzene ring substituents is 1. The minimum Gasteiger partial charge on any atom is -0.507 e. The normalized spacial score (nSPS) is 11.5. The number of benzene rings is 4. The average Bonchev–Trinajstić information content (AvgIpc) is 3.26. The van der Waals surface area contributed by atoms with Crippen molar-refractivity contribution in [3.63, 3.8) is 0 Å². The van der Waals surface area contributed by atoms with Gasteiger partial charge in [-0.05, 0) is 65.2 Å². The summed E-state index contributed by atoms with van der Waals surface area (Å²) >= 11 is 0. The highest BCUT2D eigenvalue weighted by molar-refractivity contribution is 6.03. The number of non-ortho nitro benzene ring substituents is 1. The minimum absolute atomic E-state index is 0.00676. The Hall–Kier alpha value is -4.52. The maximum absolute atomic E-state index is 11.1. The molecule has 33 heavy (non-hydrogen) atoms. The van der Waals surface area contributed by atoms with Crippen LogP contribution < -0.4 is 0 Å². The van der Waals surface area contributed by atoms with E-state index in [9.17, 15) is 15.2 Å². The first kappa shape index (κ1) is 20.4. The molecule has 0 fully saturated rings. The zero-order valence-electron chi connectivity index (χ0n) is 17.7. The molecular formula is C26H19N3O4. The number of phenols is 1. The zero-order chi connectivity index (χ0) is 22.9. The molecule has 0 bridgehead atoms. The van der Waals surface area contributed by atoms with Crippen LogP contribution in [0.4, 0.5) is 11.4 Å². The van der Waals surface area contributed by atoms with Crippen molar-refractivity contribution in [1.82, 2.24) is 4.98 Å². The lowest BCUT2D eigenvalue weighted by atomic mass is 10.0. The third kappa shape index (κ3) is 3.92. The Morgan fingerprint density at radius 2 is 1.88 bits per heavy atom. The van der Waals surface area contributed by atoms with E-state index < -0.39 is 4.92 Å². The van der Waals surface area contributed by atoms with Crippen molar-refractivity contribution >= 4 is 39.5 Å². The summed E-state index contributed by atoms with van der Waals surface area (Å²) in [5.41, 5.74) is 4.61. The van der Waals surface area contributed by atoms with E-state index in [0.717, 1.165) is 12.0 Å². The van der Waals surface area contributed by atoms with Gasteiger partial charge in [0, 0.05) is 29.5 Å². The highest BCUT2D eigenvalue weighted by atomic mass is 16.6. The van der Waals surface area contributed by atoms with Crippen LogP contribution in [0.3, 0.4) is 0 Å². The first-order chi connectivity index (χ1) is 16.0. The number of fused-ring (bicyclic) bond motifs is 2. The van der Waals surface area contributed by atoms with Gasteiger partial charge in [-0.2, -0.15) is 0 Å². The molecular weight excluding hydrogens is 418 g/mol. The molecule has 0 unspecified atom stereocenters. The van der Waals surface area contributed by atoms with Gasteiger partial charge in [0.15, 0.2) is 5.58 Å². The maximum Gasteiger partial charge on any atom is 0.270 e. The second-order valence-corrected chi connectivity index (χ2v) is 7.64. The van der Waals surface area contributed by atoms with Crippen molar-refractivity contribution in [2.45, 2.75) is 13.3 Å². The summed E-state index contributed by atoms with van der Waals surface area (Å²) in [7, 11) is 0. The summed E-state index contributed by atoms with van der Waals surface area (Å²) in [6.07, 6.45) is 2.52. The van der Waals surface area contributed by atoms with Crippen LogP contribution in [-0.4, -0.2) is 21.2 Å². The van der Waals surface area contributed by atoms with Gasteiger partial charge < -0.3 is 9.52 Å². The minimum atomic E-state index is -0.445. The van der Waals surface area contributed by atoms with Crippen LogP contribution in [0.1, 0.15) is 18.1 Å². The van der Waals surface area contributed by atoms with Crippen LogP contribution in [0.5, 0.6) is 5.75 Å². The molecule has 7 heteroatoms. The van der Waals surface area contributed by atoms with E-state index in [1.807, 2.05) is 24.3 Å². The Morgan fingerprint density at radius 3 is 2.64 bits per heavy atom. The largest absolute Gasteiger partial charge is 0.507 e. The molecule has 0 saturated carbocycles. The monoisotopic (exact) mass is 437 g/mol. The summed E-state index contributed by atoms with van der Waals surface area (Å²) in [4.78, 5) is 19.7. The molecule has 0 radical (unpaired) electrons. The number of phenolic OH excluding ortho intramolecular Hbond substituents is 1. The van der Waals surface area contributed by atoms with Crippen LogP contribution in [0.25, 0.3) is 33.3 Å². The lowest BCUT2D eigenvalue weighted by molar-refractivity contribution is -0.384. The molecule has 0 aliphatic heterocycles. The summed E-state index contributed by atoms with van der Waals surface area (Å²) < 4.78 is 5.89. The summed E-state index contributed by atoms with van der Waals surface area (Å²) in [5.74, 6) is 0.586. The van der Waals surface area contributed by atoms with Crippen LogP contribution in [0, 0.1) is 10.1 Å². The summed E-state index contributed by atoms with van der Waals surface area (Å²) in [6.45, 7) is 2.11. The number of nitrogens with zero attached hydrogens (tertiary/aromatic N) is 3. The van der Waals surface area contributed by atoms with Gasteiger partial charge in [0.2, 0.25) is 5.89 Å². The van der Waals surface area contributed by atoms with Gasteiger partial charge in [-0.1, -0.05) is 25.1 Å². The SMILES string of the molecule is CCc1ccc(-c2nc3cc(N=Cc4c(O)ccc5cc([N+](=O)[O-])ccc45)ccc3o2)cc1. The highest BCUT2D eigenvalue weighted by Gasteiger charge is 2.11. The number of nitro groups is 1. The van der Waals surface area contributed by atoms with Gasteiger partial charge >= 0.3 is 0 Å². The molecule has 0 aliphatic carbocycles. The van der Waals surface area contributed by atoms with Gasteiger partial charge in [-0.15, -0.1) is 0 Å². The number of hydrogen-bond acceptors (Lipinski definition) is 6. The fraction of sp³-hybridized carbons (Fsp3) is 0.0769. The fourth-order valence-corrected chi connectivity index (χ4v) is 3.72. The number of aromatic hydroxyl groups is 1.